The molecule has 1 unspecified atom stereocenters. The Morgan fingerprint density at radius 1 is 1.42 bits per heavy atom. The van der Waals surface area contributed by atoms with Crippen LogP contribution in [0.5, 0.6) is 0 Å². The van der Waals surface area contributed by atoms with Gasteiger partial charge in [-0.3, -0.25) is 0 Å². The van der Waals surface area contributed by atoms with Gasteiger partial charge in [0.15, 0.2) is 0 Å². The van der Waals surface area contributed by atoms with E-state index in [0.29, 0.717) is 5.92 Å². The number of rotatable bonds is 5. The summed E-state index contributed by atoms with van der Waals surface area (Å²) in [5.41, 5.74) is 1.43. The first-order valence-corrected chi connectivity index (χ1v) is 4.95. The molecule has 0 spiro atoms. The maximum Gasteiger partial charge on any atom is -0.0225 e. The highest BCUT2D eigenvalue weighted by Gasteiger charge is 1.89. The van der Waals surface area contributed by atoms with E-state index in [0.717, 1.165) is 0 Å². The average Bonchev–Trinajstić information content (AvgIpc) is 2.04. The Morgan fingerprint density at radius 2 is 2.08 bits per heavy atom. The quantitative estimate of drug-likeness (QED) is 0.537. The molecule has 0 amide bonds. The molecule has 0 nitrogen and oxygen atoms in total. The van der Waals surface area contributed by atoms with Crippen molar-refractivity contribution in [3.63, 3.8) is 0 Å². The van der Waals surface area contributed by atoms with E-state index in [1.165, 1.54) is 24.8 Å². The molecule has 0 heteroatoms. The first-order valence-electron chi connectivity index (χ1n) is 4.95. The highest BCUT2D eigenvalue weighted by molar-refractivity contribution is 5.05. The summed E-state index contributed by atoms with van der Waals surface area (Å²) < 4.78 is 0. The monoisotopic (exact) mass is 165 g/mol. The van der Waals surface area contributed by atoms with Crippen molar-refractivity contribution in [2.24, 2.45) is 5.92 Å². The van der Waals surface area contributed by atoms with E-state index in [-0.39, 0.29) is 0 Å². The summed E-state index contributed by atoms with van der Waals surface area (Å²) in [6.07, 6.45) is 11.1. The average molecular weight is 165 g/mol. The van der Waals surface area contributed by atoms with Crippen molar-refractivity contribution in [1.82, 2.24) is 0 Å². The molecule has 0 saturated carbocycles. The van der Waals surface area contributed by atoms with Gasteiger partial charge in [0.05, 0.1) is 0 Å². The third kappa shape index (κ3) is 6.21. The molecule has 0 aliphatic rings. The van der Waals surface area contributed by atoms with Gasteiger partial charge in [0.25, 0.3) is 0 Å². The second kappa shape index (κ2) is 7.15. The van der Waals surface area contributed by atoms with Gasteiger partial charge in [-0.05, 0) is 25.3 Å². The van der Waals surface area contributed by atoms with Crippen LogP contribution < -0.4 is 0 Å². The summed E-state index contributed by atoms with van der Waals surface area (Å²) in [5, 5.41) is 0. The smallest absolute Gasteiger partial charge is 0.0225 e. The summed E-state index contributed by atoms with van der Waals surface area (Å²) in [7, 11) is 0. The van der Waals surface area contributed by atoms with Gasteiger partial charge < -0.3 is 0 Å². The van der Waals surface area contributed by atoms with Gasteiger partial charge in [-0.2, -0.15) is 0 Å². The lowest BCUT2D eigenvalue weighted by atomic mass is 10.1. The van der Waals surface area contributed by atoms with E-state index in [9.17, 15) is 0 Å². The summed E-state index contributed by atoms with van der Waals surface area (Å²) in [6, 6.07) is 0. The predicted octanol–water partition coefficient (Wildman–Crippen LogP) is 4.14. The van der Waals surface area contributed by atoms with Crippen LogP contribution in [0.3, 0.4) is 0 Å². The van der Waals surface area contributed by atoms with Gasteiger partial charge in [0.2, 0.25) is 0 Å². The third-order valence-electron chi connectivity index (χ3n) is 2.00. The molecule has 69 valence electrons. The van der Waals surface area contributed by atoms with Crippen LogP contribution in [0.1, 0.15) is 47.0 Å². The highest BCUT2D eigenvalue weighted by atomic mass is 13.9. The van der Waals surface area contributed by atoms with Crippen LogP contribution in [-0.4, -0.2) is 0 Å². The normalized spacial score (nSPS) is 15.5. The van der Waals surface area contributed by atoms with Crippen molar-refractivity contribution in [2.45, 2.75) is 47.0 Å². The third-order valence-corrected chi connectivity index (χ3v) is 2.00. The van der Waals surface area contributed by atoms with Crippen LogP contribution in [0.4, 0.5) is 0 Å². The lowest BCUT2D eigenvalue weighted by molar-refractivity contribution is 0.696. The molecule has 12 heavy (non-hydrogen) atoms. The molecule has 0 saturated heterocycles. The fourth-order valence-electron chi connectivity index (χ4n) is 0.939. The molecule has 0 aromatic carbocycles. The van der Waals surface area contributed by atoms with E-state index in [2.05, 4.69) is 45.9 Å². The molecule has 1 atom stereocenters. The Kier molecular flexibility index (Phi) is 6.84. The zero-order chi connectivity index (χ0) is 9.40. The van der Waals surface area contributed by atoms with Crippen LogP contribution in [0.2, 0.25) is 0 Å². The van der Waals surface area contributed by atoms with Crippen LogP contribution in [0, 0.1) is 12.0 Å². The van der Waals surface area contributed by atoms with Crippen molar-refractivity contribution >= 4 is 0 Å². The van der Waals surface area contributed by atoms with Crippen molar-refractivity contribution in [3.8, 4) is 0 Å². The molecular formula is C12H21. The molecule has 0 aliphatic heterocycles. The second-order valence-corrected chi connectivity index (χ2v) is 3.46. The first-order chi connectivity index (χ1) is 5.70. The van der Waals surface area contributed by atoms with Gasteiger partial charge in [-0.1, -0.05) is 51.3 Å². The summed E-state index contributed by atoms with van der Waals surface area (Å²) >= 11 is 0. The van der Waals surface area contributed by atoms with Crippen molar-refractivity contribution < 1.29 is 0 Å². The first kappa shape index (κ1) is 11.5. The van der Waals surface area contributed by atoms with Gasteiger partial charge in [-0.15, -0.1) is 0 Å². The lowest BCUT2D eigenvalue weighted by Crippen LogP contribution is -1.83. The zero-order valence-electron chi connectivity index (χ0n) is 8.85. The van der Waals surface area contributed by atoms with E-state index in [1.54, 1.807) is 0 Å². The van der Waals surface area contributed by atoms with Gasteiger partial charge >= 0.3 is 0 Å². The van der Waals surface area contributed by atoms with Crippen LogP contribution >= 0.6 is 0 Å². The van der Waals surface area contributed by atoms with Gasteiger partial charge in [-0.25, -0.2) is 0 Å². The maximum atomic E-state index is 3.23. The molecule has 0 heterocycles. The molecule has 0 aromatic heterocycles. The Bertz CT molecular complexity index is 151. The van der Waals surface area contributed by atoms with E-state index in [1.807, 2.05) is 0 Å². The van der Waals surface area contributed by atoms with Gasteiger partial charge in [0, 0.05) is 0 Å². The summed E-state index contributed by atoms with van der Waals surface area (Å²) in [4.78, 5) is 0. The maximum absolute atomic E-state index is 3.23. The molecule has 1 radical (unpaired) electrons. The van der Waals surface area contributed by atoms with Crippen LogP contribution in [0.15, 0.2) is 17.7 Å². The lowest BCUT2D eigenvalue weighted by Gasteiger charge is -1.97. The van der Waals surface area contributed by atoms with E-state index >= 15 is 0 Å². The number of hydrogen-bond acceptors (Lipinski definition) is 0. The Labute approximate surface area is 77.4 Å². The van der Waals surface area contributed by atoms with Crippen molar-refractivity contribution in [3.05, 3.63) is 23.8 Å². The standard InChI is InChI=1S/C12H21/c1-5-8-12(4)10-7-9-11(3)6-2/h9-11H,5-6,8H2,1-4H3. The Balaban J connectivity index is 3.77. The zero-order valence-corrected chi connectivity index (χ0v) is 8.85. The van der Waals surface area contributed by atoms with Crippen LogP contribution in [0.25, 0.3) is 0 Å². The summed E-state index contributed by atoms with van der Waals surface area (Å²) in [5.74, 6) is 0.663. The van der Waals surface area contributed by atoms with Crippen LogP contribution in [-0.2, 0) is 0 Å². The molecular weight excluding hydrogens is 144 g/mol. The minimum absolute atomic E-state index is 0.663. The van der Waals surface area contributed by atoms with Gasteiger partial charge in [0.1, 0.15) is 0 Å². The molecule has 0 aliphatic carbocycles. The molecule has 0 bridgehead atoms. The van der Waals surface area contributed by atoms with E-state index in [4.69, 9.17) is 0 Å². The predicted molar refractivity (Wildman–Crippen MR) is 55.9 cm³/mol. The number of allylic oxidation sites excluding steroid dienone is 4. The number of hydrogen-bond donors (Lipinski definition) is 0. The Morgan fingerprint density at radius 3 is 2.58 bits per heavy atom. The second-order valence-electron chi connectivity index (χ2n) is 3.46. The Hall–Kier alpha value is -0.520. The minimum Gasteiger partial charge on any atom is -0.0738 e. The van der Waals surface area contributed by atoms with Crippen molar-refractivity contribution in [1.29, 1.82) is 0 Å². The molecule has 0 aromatic rings. The minimum atomic E-state index is 0.663. The highest BCUT2D eigenvalue weighted by Crippen LogP contribution is 2.05. The SMILES string of the molecule is CCCC(C)=C/[C]=C/C(C)CC. The largest absolute Gasteiger partial charge is 0.0738 e. The topological polar surface area (TPSA) is 0 Å². The molecule has 0 N–H and O–H groups in total. The molecule has 0 rings (SSSR count). The van der Waals surface area contributed by atoms with Crippen molar-refractivity contribution in [2.75, 3.05) is 0 Å². The fraction of sp³-hybridized carbons (Fsp3) is 0.667. The van der Waals surface area contributed by atoms with E-state index < -0.39 is 0 Å². The summed E-state index contributed by atoms with van der Waals surface area (Å²) in [6.45, 7) is 8.79. The fourth-order valence-corrected chi connectivity index (χ4v) is 0.939. The molecule has 0 fully saturated rings.